The van der Waals surface area contributed by atoms with E-state index in [1.54, 1.807) is 0 Å². The molecule has 0 saturated heterocycles. The summed E-state index contributed by atoms with van der Waals surface area (Å²) in [6.07, 6.45) is 2.64. The number of aliphatic hydroxyl groups is 1. The number of rotatable bonds is 6. The number of aryl methyl sites for hydroxylation is 1. The van der Waals surface area contributed by atoms with Crippen molar-refractivity contribution in [2.24, 2.45) is 0 Å². The van der Waals surface area contributed by atoms with E-state index in [9.17, 15) is 5.11 Å². The van der Waals surface area contributed by atoms with E-state index < -0.39 is 0 Å². The highest BCUT2D eigenvalue weighted by Gasteiger charge is 2.18. The molecule has 0 aliphatic rings. The zero-order chi connectivity index (χ0) is 14.5. The highest BCUT2D eigenvalue weighted by molar-refractivity contribution is 5.41. The zero-order valence-corrected chi connectivity index (χ0v) is 13.0. The molecule has 0 fully saturated rings. The van der Waals surface area contributed by atoms with Gasteiger partial charge in [0.2, 0.25) is 0 Å². The molecule has 0 radical (unpaired) electrons. The molecule has 1 aromatic carbocycles. The largest absolute Gasteiger partial charge is 0.493 e. The first-order valence-corrected chi connectivity index (χ1v) is 7.22. The highest BCUT2D eigenvalue weighted by Crippen LogP contribution is 2.32. The fraction of sp³-hybridized carbons (Fsp3) is 0.647. The third-order valence-electron chi connectivity index (χ3n) is 3.22. The Kier molecular flexibility index (Phi) is 5.86. The first-order chi connectivity index (χ1) is 8.80. The molecule has 1 aromatic rings. The van der Waals surface area contributed by atoms with Crippen molar-refractivity contribution in [1.82, 2.24) is 0 Å². The average Bonchev–Trinajstić information content (AvgIpc) is 2.28. The maximum Gasteiger partial charge on any atom is 0.123 e. The van der Waals surface area contributed by atoms with Crippen LogP contribution in [-0.2, 0) is 5.41 Å². The van der Waals surface area contributed by atoms with Crippen molar-refractivity contribution < 1.29 is 9.84 Å². The third-order valence-corrected chi connectivity index (χ3v) is 3.22. The Morgan fingerprint density at radius 3 is 2.47 bits per heavy atom. The molecule has 0 heterocycles. The summed E-state index contributed by atoms with van der Waals surface area (Å²) in [5, 5.41) is 9.21. The standard InChI is InChI=1S/C17H28O2/c1-13-9-10-16(15(12-13)17(3,4)5)19-11-7-6-8-14(2)18/h9-10,12,14,18H,6-8,11H2,1-5H3. The van der Waals surface area contributed by atoms with Gasteiger partial charge in [0.15, 0.2) is 0 Å². The fourth-order valence-electron chi connectivity index (χ4n) is 2.08. The number of hydrogen-bond donors (Lipinski definition) is 1. The van der Waals surface area contributed by atoms with Crippen LogP contribution in [0.2, 0.25) is 0 Å². The summed E-state index contributed by atoms with van der Waals surface area (Å²) >= 11 is 0. The lowest BCUT2D eigenvalue weighted by Crippen LogP contribution is -2.14. The van der Waals surface area contributed by atoms with E-state index in [4.69, 9.17) is 4.74 Å². The van der Waals surface area contributed by atoms with Crippen LogP contribution in [0.15, 0.2) is 18.2 Å². The molecule has 2 nitrogen and oxygen atoms in total. The monoisotopic (exact) mass is 264 g/mol. The van der Waals surface area contributed by atoms with Crippen molar-refractivity contribution >= 4 is 0 Å². The Balaban J connectivity index is 2.58. The highest BCUT2D eigenvalue weighted by atomic mass is 16.5. The van der Waals surface area contributed by atoms with Gasteiger partial charge in [-0.05, 0) is 50.2 Å². The van der Waals surface area contributed by atoms with Crippen molar-refractivity contribution in [3.05, 3.63) is 29.3 Å². The minimum absolute atomic E-state index is 0.0982. The van der Waals surface area contributed by atoms with Gasteiger partial charge in [0.25, 0.3) is 0 Å². The molecular formula is C17H28O2. The van der Waals surface area contributed by atoms with E-state index in [1.807, 2.05) is 6.92 Å². The molecule has 2 heteroatoms. The molecule has 0 aromatic heterocycles. The van der Waals surface area contributed by atoms with Gasteiger partial charge < -0.3 is 9.84 Å². The Morgan fingerprint density at radius 1 is 1.21 bits per heavy atom. The predicted molar refractivity (Wildman–Crippen MR) is 80.9 cm³/mol. The number of hydrogen-bond acceptors (Lipinski definition) is 2. The summed E-state index contributed by atoms with van der Waals surface area (Å²) in [4.78, 5) is 0. The van der Waals surface area contributed by atoms with Gasteiger partial charge in [0.05, 0.1) is 12.7 Å². The molecule has 1 atom stereocenters. The molecule has 0 saturated carbocycles. The molecule has 19 heavy (non-hydrogen) atoms. The van der Waals surface area contributed by atoms with Crippen LogP contribution in [0, 0.1) is 6.92 Å². The molecular weight excluding hydrogens is 236 g/mol. The Morgan fingerprint density at radius 2 is 1.89 bits per heavy atom. The molecule has 108 valence electrons. The predicted octanol–water partition coefficient (Wildman–Crippen LogP) is 4.22. The van der Waals surface area contributed by atoms with Crippen LogP contribution in [0.5, 0.6) is 5.75 Å². The molecule has 0 aliphatic heterocycles. The molecule has 0 bridgehead atoms. The average molecular weight is 264 g/mol. The van der Waals surface area contributed by atoms with Crippen molar-refractivity contribution in [3.8, 4) is 5.75 Å². The minimum atomic E-state index is -0.204. The van der Waals surface area contributed by atoms with Gasteiger partial charge in [0, 0.05) is 0 Å². The van der Waals surface area contributed by atoms with Crippen LogP contribution in [0.3, 0.4) is 0 Å². The minimum Gasteiger partial charge on any atom is -0.493 e. The summed E-state index contributed by atoms with van der Waals surface area (Å²) in [6.45, 7) is 11.3. The number of benzene rings is 1. The maximum absolute atomic E-state index is 9.21. The van der Waals surface area contributed by atoms with Crippen LogP contribution >= 0.6 is 0 Å². The van der Waals surface area contributed by atoms with E-state index in [-0.39, 0.29) is 11.5 Å². The summed E-state index contributed by atoms with van der Waals surface area (Å²) in [5.74, 6) is 0.996. The summed E-state index contributed by atoms with van der Waals surface area (Å²) < 4.78 is 5.92. The smallest absolute Gasteiger partial charge is 0.123 e. The Bertz CT molecular complexity index is 389. The summed E-state index contributed by atoms with van der Waals surface area (Å²) in [7, 11) is 0. The first kappa shape index (κ1) is 16.0. The van der Waals surface area contributed by atoms with Gasteiger partial charge >= 0.3 is 0 Å². The second-order valence-corrected chi connectivity index (χ2v) is 6.44. The van der Waals surface area contributed by atoms with Gasteiger partial charge in [-0.2, -0.15) is 0 Å². The lowest BCUT2D eigenvalue weighted by Gasteiger charge is -2.23. The van der Waals surface area contributed by atoms with Crippen molar-refractivity contribution in [2.45, 2.75) is 65.4 Å². The molecule has 0 aliphatic carbocycles. The molecule has 1 unspecified atom stereocenters. The van der Waals surface area contributed by atoms with Crippen LogP contribution in [-0.4, -0.2) is 17.8 Å². The van der Waals surface area contributed by atoms with Crippen LogP contribution < -0.4 is 4.74 Å². The van der Waals surface area contributed by atoms with Crippen molar-refractivity contribution in [3.63, 3.8) is 0 Å². The van der Waals surface area contributed by atoms with Gasteiger partial charge in [-0.15, -0.1) is 0 Å². The maximum atomic E-state index is 9.21. The second kappa shape index (κ2) is 6.95. The van der Waals surface area contributed by atoms with E-state index in [1.165, 1.54) is 11.1 Å². The lowest BCUT2D eigenvalue weighted by atomic mass is 9.85. The number of ether oxygens (including phenoxy) is 1. The zero-order valence-electron chi connectivity index (χ0n) is 13.0. The van der Waals surface area contributed by atoms with Crippen LogP contribution in [0.4, 0.5) is 0 Å². The molecule has 1 rings (SSSR count). The van der Waals surface area contributed by atoms with Gasteiger partial charge in [-0.3, -0.25) is 0 Å². The van der Waals surface area contributed by atoms with Crippen molar-refractivity contribution in [1.29, 1.82) is 0 Å². The van der Waals surface area contributed by atoms with Gasteiger partial charge in [-0.1, -0.05) is 38.5 Å². The van der Waals surface area contributed by atoms with Gasteiger partial charge in [-0.25, -0.2) is 0 Å². The van der Waals surface area contributed by atoms with E-state index in [2.05, 4.69) is 45.9 Å². The number of aliphatic hydroxyl groups excluding tert-OH is 1. The van der Waals surface area contributed by atoms with E-state index in [0.717, 1.165) is 31.6 Å². The lowest BCUT2D eigenvalue weighted by molar-refractivity contribution is 0.177. The quantitative estimate of drug-likeness (QED) is 0.779. The van der Waals surface area contributed by atoms with Crippen molar-refractivity contribution in [2.75, 3.05) is 6.61 Å². The fourth-order valence-corrected chi connectivity index (χ4v) is 2.08. The number of unbranched alkanes of at least 4 members (excludes halogenated alkanes) is 1. The first-order valence-electron chi connectivity index (χ1n) is 7.22. The molecule has 0 spiro atoms. The normalized spacial score (nSPS) is 13.4. The van der Waals surface area contributed by atoms with Crippen LogP contribution in [0.25, 0.3) is 0 Å². The van der Waals surface area contributed by atoms with E-state index in [0.29, 0.717) is 0 Å². The van der Waals surface area contributed by atoms with E-state index >= 15 is 0 Å². The SMILES string of the molecule is Cc1ccc(OCCCCC(C)O)c(C(C)(C)C)c1. The Labute approximate surface area is 117 Å². The van der Waals surface area contributed by atoms with Crippen LogP contribution in [0.1, 0.15) is 58.1 Å². The summed E-state index contributed by atoms with van der Waals surface area (Å²) in [5.41, 5.74) is 2.63. The third kappa shape index (κ3) is 5.65. The summed E-state index contributed by atoms with van der Waals surface area (Å²) in [6, 6.07) is 6.39. The molecule has 0 amide bonds. The van der Waals surface area contributed by atoms with Gasteiger partial charge in [0.1, 0.15) is 5.75 Å². The molecule has 1 N–H and O–H groups in total. The Hall–Kier alpha value is -1.02. The second-order valence-electron chi connectivity index (χ2n) is 6.44. The topological polar surface area (TPSA) is 29.5 Å².